The predicted octanol–water partition coefficient (Wildman–Crippen LogP) is 1.11. The van der Waals surface area contributed by atoms with E-state index in [-0.39, 0.29) is 18.1 Å². The van der Waals surface area contributed by atoms with E-state index in [0.717, 1.165) is 0 Å². The predicted molar refractivity (Wildman–Crippen MR) is 53.9 cm³/mol. The van der Waals surface area contributed by atoms with Gasteiger partial charge in [-0.1, -0.05) is 0 Å². The molecule has 0 radical (unpaired) electrons. The fraction of sp³-hybridized carbons (Fsp3) is 0.500. The van der Waals surface area contributed by atoms with Gasteiger partial charge in [0.1, 0.15) is 0 Å². The fourth-order valence-corrected chi connectivity index (χ4v) is 1.51. The number of nitrogens with zero attached hydrogens (tertiary/aromatic N) is 2. The number of aryl methyl sites for hydroxylation is 2. The first-order valence-electron chi connectivity index (χ1n) is 4.70. The van der Waals surface area contributed by atoms with Crippen LogP contribution < -0.4 is 0 Å². The number of esters is 1. The van der Waals surface area contributed by atoms with Crippen molar-refractivity contribution < 1.29 is 14.3 Å². The second-order valence-corrected chi connectivity index (χ2v) is 3.21. The average Bonchev–Trinajstić information content (AvgIpc) is 2.41. The number of hydrogen-bond acceptors (Lipinski definition) is 4. The molecule has 5 heteroatoms. The number of carbonyl (C=O) groups excluding carboxylic acids is 2. The largest absolute Gasteiger partial charge is 0.461 e. The Morgan fingerprint density at radius 2 is 2.07 bits per heavy atom. The summed E-state index contributed by atoms with van der Waals surface area (Å²) >= 11 is 0. The molecule has 82 valence electrons. The van der Waals surface area contributed by atoms with E-state index in [4.69, 9.17) is 4.74 Å². The lowest BCUT2D eigenvalue weighted by molar-refractivity contribution is 0.0510. The van der Waals surface area contributed by atoms with Gasteiger partial charge < -0.3 is 4.74 Å². The monoisotopic (exact) mass is 210 g/mol. The lowest BCUT2D eigenvalue weighted by atomic mass is 10.1. The van der Waals surface area contributed by atoms with Crippen molar-refractivity contribution in [3.05, 3.63) is 17.0 Å². The Kier molecular flexibility index (Phi) is 3.24. The maximum atomic E-state index is 11.6. The van der Waals surface area contributed by atoms with Crippen molar-refractivity contribution in [2.24, 2.45) is 7.05 Å². The third kappa shape index (κ3) is 2.06. The molecular weight excluding hydrogens is 196 g/mol. The highest BCUT2D eigenvalue weighted by molar-refractivity contribution is 6.05. The van der Waals surface area contributed by atoms with Crippen LogP contribution in [0, 0.1) is 6.92 Å². The van der Waals surface area contributed by atoms with Crippen LogP contribution in [0.1, 0.15) is 40.4 Å². The van der Waals surface area contributed by atoms with Crippen LogP contribution in [0.15, 0.2) is 0 Å². The van der Waals surface area contributed by atoms with E-state index >= 15 is 0 Å². The second kappa shape index (κ2) is 4.25. The number of rotatable bonds is 3. The van der Waals surface area contributed by atoms with Gasteiger partial charge in [0.15, 0.2) is 11.5 Å². The van der Waals surface area contributed by atoms with Crippen LogP contribution >= 0.6 is 0 Å². The Morgan fingerprint density at radius 1 is 1.47 bits per heavy atom. The Labute approximate surface area is 88.0 Å². The molecule has 0 N–H and O–H groups in total. The minimum absolute atomic E-state index is 0.177. The van der Waals surface area contributed by atoms with Crippen LogP contribution in [-0.4, -0.2) is 28.1 Å². The zero-order chi connectivity index (χ0) is 11.6. The van der Waals surface area contributed by atoms with Gasteiger partial charge in [-0.3, -0.25) is 9.48 Å². The third-order valence-corrected chi connectivity index (χ3v) is 2.04. The van der Waals surface area contributed by atoms with Gasteiger partial charge in [-0.05, 0) is 20.8 Å². The lowest BCUT2D eigenvalue weighted by Crippen LogP contribution is -2.14. The molecule has 0 aliphatic rings. The van der Waals surface area contributed by atoms with Gasteiger partial charge in [0.05, 0.1) is 17.9 Å². The van der Waals surface area contributed by atoms with Gasteiger partial charge in [-0.15, -0.1) is 0 Å². The van der Waals surface area contributed by atoms with E-state index < -0.39 is 5.97 Å². The minimum atomic E-state index is -0.509. The highest BCUT2D eigenvalue weighted by Gasteiger charge is 2.23. The molecule has 0 saturated heterocycles. The number of hydrogen-bond donors (Lipinski definition) is 0. The minimum Gasteiger partial charge on any atom is -0.461 e. The maximum absolute atomic E-state index is 11.6. The standard InChI is InChI=1S/C10H14N2O3/c1-5-15-10(14)9-8(7(3)13)6(2)11-12(9)4/h5H2,1-4H3. The number of ketones is 1. The molecule has 0 atom stereocenters. The molecule has 0 bridgehead atoms. The quantitative estimate of drug-likeness (QED) is 0.553. The topological polar surface area (TPSA) is 61.2 Å². The van der Waals surface area contributed by atoms with Crippen LogP contribution in [-0.2, 0) is 11.8 Å². The molecule has 0 saturated carbocycles. The van der Waals surface area contributed by atoms with Gasteiger partial charge in [0.2, 0.25) is 0 Å². The summed E-state index contributed by atoms with van der Waals surface area (Å²) in [6.45, 7) is 5.10. The third-order valence-electron chi connectivity index (χ3n) is 2.04. The highest BCUT2D eigenvalue weighted by Crippen LogP contribution is 2.14. The van der Waals surface area contributed by atoms with Crippen LogP contribution in [0.25, 0.3) is 0 Å². The summed E-state index contributed by atoms with van der Waals surface area (Å²) in [6.07, 6.45) is 0. The van der Waals surface area contributed by atoms with Crippen LogP contribution in [0.5, 0.6) is 0 Å². The molecular formula is C10H14N2O3. The molecule has 0 aromatic carbocycles. The molecule has 0 spiro atoms. The Bertz CT molecular complexity index is 407. The highest BCUT2D eigenvalue weighted by atomic mass is 16.5. The normalized spacial score (nSPS) is 10.1. The van der Waals surface area contributed by atoms with Gasteiger partial charge >= 0.3 is 5.97 Å². The summed E-state index contributed by atoms with van der Waals surface area (Å²) in [5.41, 5.74) is 1.12. The lowest BCUT2D eigenvalue weighted by Gasteiger charge is -2.03. The van der Waals surface area contributed by atoms with Crippen molar-refractivity contribution in [1.29, 1.82) is 0 Å². The second-order valence-electron chi connectivity index (χ2n) is 3.21. The van der Waals surface area contributed by atoms with Crippen molar-refractivity contribution in [1.82, 2.24) is 9.78 Å². The average molecular weight is 210 g/mol. The Balaban J connectivity index is 3.26. The number of ether oxygens (including phenoxy) is 1. The van der Waals surface area contributed by atoms with Crippen LogP contribution in [0.2, 0.25) is 0 Å². The number of aromatic nitrogens is 2. The summed E-state index contributed by atoms with van der Waals surface area (Å²) in [6, 6.07) is 0. The van der Waals surface area contributed by atoms with Gasteiger partial charge in [0.25, 0.3) is 0 Å². The first kappa shape index (κ1) is 11.4. The van der Waals surface area contributed by atoms with E-state index in [1.54, 1.807) is 20.9 Å². The smallest absolute Gasteiger partial charge is 0.357 e. The molecule has 0 amide bonds. The van der Waals surface area contributed by atoms with Crippen LogP contribution in [0.3, 0.4) is 0 Å². The van der Waals surface area contributed by atoms with E-state index in [2.05, 4.69) is 5.10 Å². The number of carbonyl (C=O) groups is 2. The first-order chi connectivity index (χ1) is 6.99. The summed E-state index contributed by atoms with van der Waals surface area (Å²) in [4.78, 5) is 22.9. The van der Waals surface area contributed by atoms with E-state index in [1.807, 2.05) is 0 Å². The summed E-state index contributed by atoms with van der Waals surface area (Å²) in [5.74, 6) is -0.686. The van der Waals surface area contributed by atoms with E-state index in [0.29, 0.717) is 11.3 Å². The molecule has 1 rings (SSSR count). The van der Waals surface area contributed by atoms with Crippen molar-refractivity contribution in [3.8, 4) is 0 Å². The SMILES string of the molecule is CCOC(=O)c1c(C(C)=O)c(C)nn1C. The molecule has 0 aliphatic heterocycles. The molecule has 0 aliphatic carbocycles. The molecule has 1 aromatic rings. The summed E-state index contributed by atoms with van der Waals surface area (Å²) < 4.78 is 6.24. The zero-order valence-electron chi connectivity index (χ0n) is 9.33. The van der Waals surface area contributed by atoms with Crippen molar-refractivity contribution in [3.63, 3.8) is 0 Å². The molecule has 5 nitrogen and oxygen atoms in total. The Morgan fingerprint density at radius 3 is 2.53 bits per heavy atom. The molecule has 0 fully saturated rings. The molecule has 15 heavy (non-hydrogen) atoms. The van der Waals surface area contributed by atoms with Crippen LogP contribution in [0.4, 0.5) is 0 Å². The van der Waals surface area contributed by atoms with Gasteiger partial charge in [0, 0.05) is 7.05 Å². The van der Waals surface area contributed by atoms with E-state index in [9.17, 15) is 9.59 Å². The zero-order valence-corrected chi connectivity index (χ0v) is 9.33. The fourth-order valence-electron chi connectivity index (χ4n) is 1.51. The number of Topliss-reactive ketones (excluding diaryl/α,β-unsaturated/α-hetero) is 1. The first-order valence-corrected chi connectivity index (χ1v) is 4.70. The summed E-state index contributed by atoms with van der Waals surface area (Å²) in [5, 5.41) is 4.03. The van der Waals surface area contributed by atoms with E-state index in [1.165, 1.54) is 11.6 Å². The molecule has 1 heterocycles. The van der Waals surface area contributed by atoms with Crippen molar-refractivity contribution in [2.45, 2.75) is 20.8 Å². The maximum Gasteiger partial charge on any atom is 0.357 e. The summed E-state index contributed by atoms with van der Waals surface area (Å²) in [7, 11) is 1.62. The molecule has 1 aromatic heterocycles. The molecule has 0 unspecified atom stereocenters. The van der Waals surface area contributed by atoms with Crippen molar-refractivity contribution >= 4 is 11.8 Å². The Hall–Kier alpha value is -1.65. The van der Waals surface area contributed by atoms with Gasteiger partial charge in [-0.2, -0.15) is 5.10 Å². The van der Waals surface area contributed by atoms with Gasteiger partial charge in [-0.25, -0.2) is 4.79 Å². The van der Waals surface area contributed by atoms with Crippen molar-refractivity contribution in [2.75, 3.05) is 6.61 Å².